The van der Waals surface area contributed by atoms with Gasteiger partial charge in [0.1, 0.15) is 0 Å². The molecule has 0 saturated heterocycles. The van der Waals surface area contributed by atoms with Crippen LogP contribution in [0.5, 0.6) is 0 Å². The first-order valence-corrected chi connectivity index (χ1v) is 4.87. The van der Waals surface area contributed by atoms with Gasteiger partial charge in [-0.05, 0) is 12.5 Å². The zero-order valence-electron chi connectivity index (χ0n) is 8.99. The standard InChI is InChI=1S/C10H15N3O3/c1-7(14)12-5-4-8-2-3-9(11)6-10(8)13(15)16/h2-3,6,13,15H,4-5,11H2,1H3,(H,12,14). The molecular weight excluding hydrogens is 210 g/mol. The van der Waals surface area contributed by atoms with Crippen molar-refractivity contribution in [2.24, 2.45) is 0 Å². The highest BCUT2D eigenvalue weighted by atomic mass is 16.8. The molecule has 0 aromatic heterocycles. The molecule has 6 heteroatoms. The average Bonchev–Trinajstić information content (AvgIpc) is 2.19. The lowest BCUT2D eigenvalue weighted by Gasteiger charge is -2.16. The van der Waals surface area contributed by atoms with Gasteiger partial charge in [-0.3, -0.25) is 4.79 Å². The second kappa shape index (κ2) is 5.45. The van der Waals surface area contributed by atoms with E-state index in [1.54, 1.807) is 12.1 Å². The Kier molecular flexibility index (Phi) is 4.24. The van der Waals surface area contributed by atoms with E-state index in [2.05, 4.69) is 5.32 Å². The second-order valence-electron chi connectivity index (χ2n) is 3.45. The van der Waals surface area contributed by atoms with E-state index < -0.39 is 5.23 Å². The minimum atomic E-state index is -1.01. The highest BCUT2D eigenvalue weighted by molar-refractivity contribution is 5.72. The van der Waals surface area contributed by atoms with E-state index in [9.17, 15) is 10.0 Å². The number of carbonyl (C=O) groups excluding carboxylic acids is 1. The van der Waals surface area contributed by atoms with Crippen LogP contribution in [0.1, 0.15) is 12.5 Å². The third-order valence-electron chi connectivity index (χ3n) is 2.13. The van der Waals surface area contributed by atoms with Gasteiger partial charge in [0, 0.05) is 30.8 Å². The summed E-state index contributed by atoms with van der Waals surface area (Å²) in [5.74, 6) is -0.132. The van der Waals surface area contributed by atoms with Gasteiger partial charge in [0.2, 0.25) is 5.91 Å². The fourth-order valence-corrected chi connectivity index (χ4v) is 1.38. The van der Waals surface area contributed by atoms with Crippen LogP contribution >= 0.6 is 0 Å². The molecular formula is C10H15N3O3. The molecule has 5 N–H and O–H groups in total. The summed E-state index contributed by atoms with van der Waals surface area (Å²) in [5.41, 5.74) is 6.77. The van der Waals surface area contributed by atoms with Crippen LogP contribution in [0.3, 0.4) is 0 Å². The van der Waals surface area contributed by atoms with Gasteiger partial charge in [0.05, 0.1) is 0 Å². The van der Waals surface area contributed by atoms with E-state index in [1.807, 2.05) is 0 Å². The monoisotopic (exact) mass is 225 g/mol. The molecule has 0 heterocycles. The van der Waals surface area contributed by atoms with Gasteiger partial charge in [-0.1, -0.05) is 6.07 Å². The molecule has 0 aliphatic rings. The van der Waals surface area contributed by atoms with E-state index in [-0.39, 0.29) is 11.6 Å². The first kappa shape index (κ1) is 12.4. The fourth-order valence-electron chi connectivity index (χ4n) is 1.38. The van der Waals surface area contributed by atoms with E-state index in [0.29, 0.717) is 24.2 Å². The molecule has 0 radical (unpaired) electrons. The lowest BCUT2D eigenvalue weighted by molar-refractivity contribution is -0.991. The maximum atomic E-state index is 10.9. The molecule has 1 aromatic rings. The van der Waals surface area contributed by atoms with Gasteiger partial charge in [0.25, 0.3) is 0 Å². The van der Waals surface area contributed by atoms with Crippen molar-refractivity contribution < 1.29 is 15.2 Å². The number of anilines is 1. The first-order valence-electron chi connectivity index (χ1n) is 4.87. The minimum Gasteiger partial charge on any atom is -0.595 e. The van der Waals surface area contributed by atoms with Gasteiger partial charge in [-0.25, -0.2) is 5.21 Å². The third kappa shape index (κ3) is 3.50. The number of amides is 1. The number of nitrogens with two attached hydrogens (primary N) is 1. The third-order valence-corrected chi connectivity index (χ3v) is 2.13. The second-order valence-corrected chi connectivity index (χ2v) is 3.45. The molecule has 0 aliphatic heterocycles. The van der Waals surface area contributed by atoms with Crippen molar-refractivity contribution >= 4 is 17.3 Å². The Balaban J connectivity index is 2.74. The van der Waals surface area contributed by atoms with Gasteiger partial charge >= 0.3 is 0 Å². The minimum absolute atomic E-state index is 0.132. The number of hydrogen-bond donors (Lipinski definition) is 4. The molecule has 88 valence electrons. The Morgan fingerprint density at radius 2 is 2.31 bits per heavy atom. The molecule has 1 rings (SSSR count). The van der Waals surface area contributed by atoms with Crippen LogP contribution in [0.25, 0.3) is 0 Å². The van der Waals surface area contributed by atoms with Gasteiger partial charge in [-0.15, -0.1) is 0 Å². The Morgan fingerprint density at radius 1 is 1.62 bits per heavy atom. The molecule has 1 amide bonds. The van der Waals surface area contributed by atoms with Crippen molar-refractivity contribution in [2.75, 3.05) is 12.3 Å². The summed E-state index contributed by atoms with van der Waals surface area (Å²) in [7, 11) is 0. The smallest absolute Gasteiger partial charge is 0.216 e. The molecule has 1 atom stereocenters. The summed E-state index contributed by atoms with van der Waals surface area (Å²) in [6.07, 6.45) is 0.474. The largest absolute Gasteiger partial charge is 0.595 e. The summed E-state index contributed by atoms with van der Waals surface area (Å²) in [6.45, 7) is 1.83. The summed E-state index contributed by atoms with van der Waals surface area (Å²) in [6, 6.07) is 4.74. The Labute approximate surface area is 93.2 Å². The predicted molar refractivity (Wildman–Crippen MR) is 59.0 cm³/mol. The summed E-state index contributed by atoms with van der Waals surface area (Å²) < 4.78 is 0. The van der Waals surface area contributed by atoms with Gasteiger partial charge in [-0.2, -0.15) is 5.23 Å². The lowest BCUT2D eigenvalue weighted by Crippen LogP contribution is -2.99. The number of nitrogen functional groups attached to an aromatic ring is 1. The van der Waals surface area contributed by atoms with E-state index >= 15 is 0 Å². The number of hydrogen-bond acceptors (Lipinski definition) is 4. The van der Waals surface area contributed by atoms with Crippen molar-refractivity contribution in [2.45, 2.75) is 13.3 Å². The average molecular weight is 225 g/mol. The summed E-state index contributed by atoms with van der Waals surface area (Å²) in [4.78, 5) is 10.7. The Hall–Kier alpha value is -1.63. The van der Waals surface area contributed by atoms with Crippen LogP contribution < -0.4 is 16.3 Å². The van der Waals surface area contributed by atoms with E-state index in [0.717, 1.165) is 0 Å². The summed E-state index contributed by atoms with van der Waals surface area (Å²) in [5, 5.41) is 21.5. The topological polar surface area (TPSA) is 103 Å². The van der Waals surface area contributed by atoms with Crippen LogP contribution in [0, 0.1) is 5.21 Å². The number of carbonyl (C=O) groups is 1. The Morgan fingerprint density at radius 3 is 2.88 bits per heavy atom. The number of quaternary nitrogens is 1. The first-order chi connectivity index (χ1) is 7.50. The van der Waals surface area contributed by atoms with Crippen LogP contribution in [0.2, 0.25) is 0 Å². The molecule has 0 saturated carbocycles. The molecule has 16 heavy (non-hydrogen) atoms. The molecule has 0 aliphatic carbocycles. The lowest BCUT2D eigenvalue weighted by atomic mass is 10.1. The normalized spacial score (nSPS) is 12.2. The van der Waals surface area contributed by atoms with Crippen molar-refractivity contribution in [3.8, 4) is 0 Å². The number of nitrogens with one attached hydrogen (secondary N) is 2. The molecule has 1 aromatic carbocycles. The van der Waals surface area contributed by atoms with Crippen molar-refractivity contribution in [3.63, 3.8) is 0 Å². The fraction of sp³-hybridized carbons (Fsp3) is 0.300. The molecule has 0 fully saturated rings. The zero-order chi connectivity index (χ0) is 12.1. The molecule has 0 spiro atoms. The van der Waals surface area contributed by atoms with Crippen LogP contribution in [-0.2, 0) is 11.2 Å². The van der Waals surface area contributed by atoms with E-state index in [4.69, 9.17) is 10.9 Å². The van der Waals surface area contributed by atoms with Crippen LogP contribution in [-0.4, -0.2) is 17.7 Å². The number of benzene rings is 1. The maximum absolute atomic E-state index is 10.9. The van der Waals surface area contributed by atoms with Crippen LogP contribution in [0.15, 0.2) is 18.2 Å². The van der Waals surface area contributed by atoms with E-state index in [1.165, 1.54) is 13.0 Å². The molecule has 0 bridgehead atoms. The maximum Gasteiger partial charge on any atom is 0.216 e. The quantitative estimate of drug-likeness (QED) is 0.404. The Bertz CT molecular complexity index is 380. The van der Waals surface area contributed by atoms with Crippen molar-refractivity contribution in [1.29, 1.82) is 0 Å². The highest BCUT2D eigenvalue weighted by Gasteiger charge is 2.09. The van der Waals surface area contributed by atoms with Gasteiger partial charge in [0.15, 0.2) is 5.69 Å². The SMILES string of the molecule is CC(=O)NCCc1ccc(N)cc1[NH+]([O-])O. The van der Waals surface area contributed by atoms with Gasteiger partial charge < -0.3 is 16.3 Å². The van der Waals surface area contributed by atoms with Crippen molar-refractivity contribution in [1.82, 2.24) is 5.32 Å². The summed E-state index contributed by atoms with van der Waals surface area (Å²) >= 11 is 0. The highest BCUT2D eigenvalue weighted by Crippen LogP contribution is 2.15. The molecule has 1 unspecified atom stereocenters. The number of rotatable bonds is 4. The zero-order valence-corrected chi connectivity index (χ0v) is 8.99. The van der Waals surface area contributed by atoms with Crippen LogP contribution in [0.4, 0.5) is 11.4 Å². The molecule has 6 nitrogen and oxygen atoms in total. The predicted octanol–water partition coefficient (Wildman–Crippen LogP) is -0.649. The van der Waals surface area contributed by atoms with Crippen molar-refractivity contribution in [3.05, 3.63) is 29.0 Å².